The smallest absolute Gasteiger partial charge is 0.207 e. The van der Waals surface area contributed by atoms with Crippen molar-refractivity contribution in [2.24, 2.45) is 0 Å². The first-order chi connectivity index (χ1) is 8.31. The zero-order chi connectivity index (χ0) is 12.1. The van der Waals surface area contributed by atoms with E-state index in [-0.39, 0.29) is 0 Å². The van der Waals surface area contributed by atoms with Gasteiger partial charge in [-0.3, -0.25) is 0 Å². The molecule has 1 aliphatic rings. The monoisotopic (exact) mass is 248 g/mol. The number of hydrogen-bond acceptors (Lipinski definition) is 1. The first kappa shape index (κ1) is 12.7. The van der Waals surface area contributed by atoms with Crippen LogP contribution in [0.5, 0.6) is 0 Å². The van der Waals surface area contributed by atoms with Gasteiger partial charge in [0.1, 0.15) is 6.54 Å². The number of benzene rings is 1. The van der Waals surface area contributed by atoms with Gasteiger partial charge < -0.3 is 0 Å². The van der Waals surface area contributed by atoms with E-state index in [1.807, 2.05) is 11.8 Å². The Morgan fingerprint density at radius 3 is 2.76 bits per heavy atom. The second-order valence-corrected chi connectivity index (χ2v) is 5.93. The summed E-state index contributed by atoms with van der Waals surface area (Å²) in [6.45, 7) is 5.77. The summed E-state index contributed by atoms with van der Waals surface area (Å²) in [4.78, 5) is 0. The van der Waals surface area contributed by atoms with Gasteiger partial charge in [-0.2, -0.15) is 0 Å². The molecule has 0 aliphatic carbocycles. The zero-order valence-corrected chi connectivity index (χ0v) is 11.7. The lowest BCUT2D eigenvalue weighted by Gasteiger charge is -2.10. The minimum Gasteiger partial charge on any atom is -0.224 e. The third kappa shape index (κ3) is 3.35. The number of nitrogens with zero attached hydrogens (tertiary/aromatic N) is 1. The largest absolute Gasteiger partial charge is 0.224 e. The lowest BCUT2D eigenvalue weighted by atomic mass is 10.1. The fraction of sp³-hybridized carbons (Fsp3) is 0.533. The van der Waals surface area contributed by atoms with Crippen molar-refractivity contribution in [3.05, 3.63) is 35.9 Å². The summed E-state index contributed by atoms with van der Waals surface area (Å²) in [6, 6.07) is 11.6. The molecule has 0 saturated heterocycles. The highest BCUT2D eigenvalue weighted by Crippen LogP contribution is 2.21. The van der Waals surface area contributed by atoms with Crippen LogP contribution in [0.1, 0.15) is 32.3 Å². The van der Waals surface area contributed by atoms with E-state index in [9.17, 15) is 0 Å². The average molecular weight is 248 g/mol. The fourth-order valence-electron chi connectivity index (χ4n) is 2.37. The Morgan fingerprint density at radius 2 is 2.06 bits per heavy atom. The Bertz CT molecular complexity index is 383. The van der Waals surface area contributed by atoms with Gasteiger partial charge in [-0.15, -0.1) is 0 Å². The van der Waals surface area contributed by atoms with E-state index in [1.54, 1.807) is 0 Å². The van der Waals surface area contributed by atoms with Gasteiger partial charge in [0, 0.05) is 19.8 Å². The van der Waals surface area contributed by atoms with E-state index in [2.05, 4.69) is 48.8 Å². The molecule has 92 valence electrons. The highest BCUT2D eigenvalue weighted by molar-refractivity contribution is 8.13. The van der Waals surface area contributed by atoms with E-state index < -0.39 is 0 Å². The van der Waals surface area contributed by atoms with E-state index >= 15 is 0 Å². The van der Waals surface area contributed by atoms with Crippen LogP contribution in [0.25, 0.3) is 0 Å². The number of thioether (sulfide) groups is 1. The highest BCUT2D eigenvalue weighted by Gasteiger charge is 2.30. The predicted octanol–water partition coefficient (Wildman–Crippen LogP) is 3.58. The molecular formula is C15H22NS+. The Hall–Kier alpha value is -0.760. The lowest BCUT2D eigenvalue weighted by molar-refractivity contribution is -0.556. The quantitative estimate of drug-likeness (QED) is 0.720. The first-order valence-electron chi connectivity index (χ1n) is 6.58. The molecule has 0 fully saturated rings. The van der Waals surface area contributed by atoms with Crippen molar-refractivity contribution in [1.29, 1.82) is 0 Å². The fourth-order valence-corrected chi connectivity index (χ4v) is 3.51. The van der Waals surface area contributed by atoms with Gasteiger partial charge in [0.15, 0.2) is 6.04 Å². The van der Waals surface area contributed by atoms with Crippen molar-refractivity contribution in [1.82, 2.24) is 0 Å². The summed E-state index contributed by atoms with van der Waals surface area (Å²) in [5.41, 5.74) is 1.47. The maximum Gasteiger partial charge on any atom is 0.207 e. The van der Waals surface area contributed by atoms with Crippen molar-refractivity contribution in [3.8, 4) is 0 Å². The maximum absolute atomic E-state index is 2.61. The Balaban J connectivity index is 2.01. The normalized spacial score (nSPS) is 20.0. The van der Waals surface area contributed by atoms with Crippen LogP contribution < -0.4 is 0 Å². The average Bonchev–Trinajstić information content (AvgIpc) is 2.69. The molecule has 1 aromatic carbocycles. The highest BCUT2D eigenvalue weighted by atomic mass is 32.2. The van der Waals surface area contributed by atoms with Crippen LogP contribution in [0.15, 0.2) is 30.3 Å². The van der Waals surface area contributed by atoms with Gasteiger partial charge in [-0.25, -0.2) is 4.58 Å². The van der Waals surface area contributed by atoms with Crippen molar-refractivity contribution in [2.45, 2.75) is 39.2 Å². The van der Waals surface area contributed by atoms with Crippen LogP contribution in [0.2, 0.25) is 0 Å². The molecule has 1 nitrogen and oxygen atoms in total. The molecule has 0 radical (unpaired) electrons. The summed E-state index contributed by atoms with van der Waals surface area (Å²) >= 11 is 2.03. The number of hydrogen-bond donors (Lipinski definition) is 0. The Kier molecular flexibility index (Phi) is 4.66. The predicted molar refractivity (Wildman–Crippen MR) is 77.1 cm³/mol. The van der Waals surface area contributed by atoms with Crippen LogP contribution in [0.3, 0.4) is 0 Å². The number of rotatable bonds is 5. The van der Waals surface area contributed by atoms with Crippen LogP contribution in [0, 0.1) is 0 Å². The SMILES string of the molecule is CCCC[N+]1=C(C)SC[C@@H]1Cc1ccccc1. The van der Waals surface area contributed by atoms with Crippen LogP contribution in [-0.4, -0.2) is 28.0 Å². The maximum atomic E-state index is 2.61. The molecule has 0 spiro atoms. The summed E-state index contributed by atoms with van der Waals surface area (Å²) in [5, 5.41) is 1.51. The molecule has 1 heterocycles. The summed E-state index contributed by atoms with van der Waals surface area (Å²) in [5.74, 6) is 1.25. The third-order valence-electron chi connectivity index (χ3n) is 3.40. The summed E-state index contributed by atoms with van der Waals surface area (Å²) < 4.78 is 2.61. The zero-order valence-electron chi connectivity index (χ0n) is 10.9. The van der Waals surface area contributed by atoms with Crippen molar-refractivity contribution in [2.75, 3.05) is 12.3 Å². The minimum atomic E-state index is 0.703. The summed E-state index contributed by atoms with van der Waals surface area (Å²) in [7, 11) is 0. The second-order valence-electron chi connectivity index (χ2n) is 4.72. The van der Waals surface area contributed by atoms with E-state index in [0.29, 0.717) is 6.04 Å². The number of unbranched alkanes of at least 4 members (excludes halogenated alkanes) is 1. The van der Waals surface area contributed by atoms with Crippen molar-refractivity contribution in [3.63, 3.8) is 0 Å². The van der Waals surface area contributed by atoms with Gasteiger partial charge in [0.2, 0.25) is 5.04 Å². The summed E-state index contributed by atoms with van der Waals surface area (Å²) in [6.07, 6.45) is 3.78. The van der Waals surface area contributed by atoms with Crippen LogP contribution >= 0.6 is 11.8 Å². The van der Waals surface area contributed by atoms with Crippen molar-refractivity contribution < 1.29 is 4.58 Å². The molecule has 0 saturated carbocycles. The molecular weight excluding hydrogens is 226 g/mol. The topological polar surface area (TPSA) is 3.01 Å². The molecule has 2 rings (SSSR count). The molecule has 1 aliphatic heterocycles. The van der Waals surface area contributed by atoms with Crippen molar-refractivity contribution >= 4 is 16.8 Å². The van der Waals surface area contributed by atoms with E-state index in [4.69, 9.17) is 0 Å². The molecule has 0 unspecified atom stereocenters. The molecule has 0 amide bonds. The molecule has 1 atom stereocenters. The van der Waals surface area contributed by atoms with Gasteiger partial charge >= 0.3 is 0 Å². The van der Waals surface area contributed by atoms with Crippen LogP contribution in [0.4, 0.5) is 0 Å². The van der Waals surface area contributed by atoms with E-state index in [1.165, 1.54) is 42.2 Å². The first-order valence-corrected chi connectivity index (χ1v) is 7.56. The molecule has 0 bridgehead atoms. The van der Waals surface area contributed by atoms with Gasteiger partial charge in [-0.1, -0.05) is 55.4 Å². The van der Waals surface area contributed by atoms with E-state index in [0.717, 1.165) is 0 Å². The van der Waals surface area contributed by atoms with Crippen LogP contribution in [-0.2, 0) is 6.42 Å². The molecule has 1 aromatic rings. The lowest BCUT2D eigenvalue weighted by Crippen LogP contribution is -2.29. The molecule has 0 N–H and O–H groups in total. The standard InChI is InChI=1S/C15H22NS/c1-3-4-10-16-13(2)17-12-15(16)11-14-8-6-5-7-9-14/h5-9,15H,3-4,10-12H2,1-2H3/q+1/t15-/m0/s1. The third-order valence-corrected chi connectivity index (χ3v) is 4.60. The van der Waals surface area contributed by atoms with Gasteiger partial charge in [0.05, 0.1) is 5.75 Å². The minimum absolute atomic E-state index is 0.703. The molecule has 17 heavy (non-hydrogen) atoms. The molecule has 0 aromatic heterocycles. The Morgan fingerprint density at radius 1 is 1.29 bits per heavy atom. The van der Waals surface area contributed by atoms with Gasteiger partial charge in [0.25, 0.3) is 0 Å². The van der Waals surface area contributed by atoms with Gasteiger partial charge in [-0.05, 0) is 5.56 Å². The molecule has 2 heteroatoms. The Labute approximate surface area is 109 Å². The second kappa shape index (κ2) is 6.25.